The van der Waals surface area contributed by atoms with Gasteiger partial charge in [0.1, 0.15) is 23.0 Å². The molecule has 0 amide bonds. The minimum atomic E-state index is 0.456. The van der Waals surface area contributed by atoms with Gasteiger partial charge in [0.25, 0.3) is 0 Å². The van der Waals surface area contributed by atoms with Crippen molar-refractivity contribution in [3.8, 4) is 23.0 Å². The first-order valence-electron chi connectivity index (χ1n) is 20.5. The van der Waals surface area contributed by atoms with Crippen LogP contribution in [-0.4, -0.2) is 0 Å². The summed E-state index contributed by atoms with van der Waals surface area (Å²) < 4.78 is 29.1. The molecule has 9 aromatic rings. The molecule has 0 saturated carbocycles. The lowest BCUT2D eigenvalue weighted by Gasteiger charge is -2.26. The zero-order valence-electron chi connectivity index (χ0n) is 34.2. The van der Waals surface area contributed by atoms with Gasteiger partial charge in [0.15, 0.2) is 0 Å². The maximum atomic E-state index is 8.20. The minimum Gasteiger partial charge on any atom is -0.457 e. The number of para-hydroxylation sites is 5. The van der Waals surface area contributed by atoms with E-state index >= 15 is 0 Å². The van der Waals surface area contributed by atoms with Crippen LogP contribution in [0.4, 0.5) is 51.2 Å². The second-order valence-electron chi connectivity index (χ2n) is 13.7. The summed E-state index contributed by atoms with van der Waals surface area (Å²) in [6.45, 7) is 0. The first-order valence-corrected chi connectivity index (χ1v) is 19.5. The molecular formula is C54H41N3O2. The number of nitrogens with zero attached hydrogens (tertiary/aromatic N) is 3. The molecule has 0 atom stereocenters. The molecule has 0 heterocycles. The molecule has 9 rings (SSSR count). The Hall–Kier alpha value is -8.02. The first kappa shape index (κ1) is 34.2. The Kier molecular flexibility index (Phi) is 10.1. The maximum absolute atomic E-state index is 8.20. The zero-order valence-corrected chi connectivity index (χ0v) is 32.2. The Morgan fingerprint density at radius 1 is 0.220 bits per heavy atom. The van der Waals surface area contributed by atoms with Gasteiger partial charge in [-0.15, -0.1) is 0 Å². The number of ether oxygens (including phenoxy) is 2. The van der Waals surface area contributed by atoms with Crippen molar-refractivity contribution in [3.05, 3.63) is 249 Å². The standard InChI is InChI=1S/C54H41N3O2/c1-6-16-42(17-7-1)55(43-18-8-2-9-19-43)47-26-34-51(35-27-47)58-53-38-30-49(31-39-53)57(46-24-14-5-15-25-46)50-32-40-54(41-33-50)59-52-36-28-48(29-37-52)56(44-20-10-3-11-21-44)45-22-12-4-13-23-45/h1-41H/i6T,10T. The topological polar surface area (TPSA) is 28.2 Å². The molecule has 0 saturated heterocycles. The summed E-state index contributed by atoms with van der Waals surface area (Å²) in [4.78, 5) is 6.46. The average molecular weight is 768 g/mol. The summed E-state index contributed by atoms with van der Waals surface area (Å²) in [7, 11) is 0. The van der Waals surface area contributed by atoms with Gasteiger partial charge in [-0.1, -0.05) is 90.9 Å². The van der Waals surface area contributed by atoms with E-state index in [-0.39, 0.29) is 0 Å². The Morgan fingerprint density at radius 2 is 0.424 bits per heavy atom. The van der Waals surface area contributed by atoms with Gasteiger partial charge in [0.05, 0.1) is 2.74 Å². The predicted molar refractivity (Wildman–Crippen MR) is 244 cm³/mol. The highest BCUT2D eigenvalue weighted by Crippen LogP contribution is 2.40. The Balaban J connectivity index is 0.909. The number of anilines is 9. The monoisotopic (exact) mass is 767 g/mol. The van der Waals surface area contributed by atoms with Crippen molar-refractivity contribution >= 4 is 51.2 Å². The van der Waals surface area contributed by atoms with Gasteiger partial charge in [-0.2, -0.15) is 0 Å². The molecule has 5 nitrogen and oxygen atoms in total. The molecule has 0 N–H and O–H groups in total. The van der Waals surface area contributed by atoms with E-state index in [1.54, 1.807) is 12.1 Å². The van der Waals surface area contributed by atoms with Crippen LogP contribution in [0.2, 0.25) is 0 Å². The predicted octanol–water partition coefficient (Wildman–Crippen LogP) is 15.7. The largest absolute Gasteiger partial charge is 0.457 e. The van der Waals surface area contributed by atoms with Gasteiger partial charge in [0.2, 0.25) is 0 Å². The van der Waals surface area contributed by atoms with Crippen molar-refractivity contribution in [2.24, 2.45) is 0 Å². The van der Waals surface area contributed by atoms with Gasteiger partial charge in [-0.3, -0.25) is 0 Å². The highest BCUT2D eigenvalue weighted by atomic mass is 16.5. The molecule has 59 heavy (non-hydrogen) atoms. The van der Waals surface area contributed by atoms with Crippen molar-refractivity contribution in [1.29, 1.82) is 0 Å². The lowest BCUT2D eigenvalue weighted by molar-refractivity contribution is 0.482. The number of hydrogen-bond donors (Lipinski definition) is 0. The third kappa shape index (κ3) is 8.55. The summed E-state index contributed by atoms with van der Waals surface area (Å²) in [6, 6.07) is 78.8. The minimum absolute atomic E-state index is 0.456. The number of benzene rings is 9. The SMILES string of the molecule is [3H]c1cccc(N(c2ccccc2)c2ccc(Oc3ccc(N(c4ccccc4)c4ccc(Oc5ccc(N(c6ccccc6)c6cccc([3H])c6)cc5)cc4)cc3)cc2)c1. The van der Waals surface area contributed by atoms with Crippen molar-refractivity contribution in [3.63, 3.8) is 0 Å². The quantitative estimate of drug-likeness (QED) is 0.116. The number of rotatable bonds is 13. The third-order valence-corrected chi connectivity index (χ3v) is 9.79. The van der Waals surface area contributed by atoms with E-state index in [0.29, 0.717) is 12.1 Å². The molecular weight excluding hydrogens is 723 g/mol. The van der Waals surface area contributed by atoms with E-state index in [2.05, 4.69) is 75.4 Å². The molecule has 0 aliphatic carbocycles. The second-order valence-corrected chi connectivity index (χ2v) is 13.7. The summed E-state index contributed by atoms with van der Waals surface area (Å²) in [5, 5.41) is 0. The van der Waals surface area contributed by atoms with E-state index in [1.807, 2.05) is 164 Å². The Labute approximate surface area is 348 Å². The molecule has 0 bridgehead atoms. The van der Waals surface area contributed by atoms with Crippen molar-refractivity contribution < 1.29 is 12.2 Å². The molecule has 0 unspecified atom stereocenters. The molecule has 0 aliphatic rings. The van der Waals surface area contributed by atoms with E-state index in [0.717, 1.165) is 74.2 Å². The van der Waals surface area contributed by atoms with E-state index in [4.69, 9.17) is 12.2 Å². The van der Waals surface area contributed by atoms with Crippen LogP contribution in [0, 0.1) is 0 Å². The highest BCUT2D eigenvalue weighted by Gasteiger charge is 2.16. The summed E-state index contributed by atoms with van der Waals surface area (Å²) in [5.74, 6) is 2.88. The average Bonchev–Trinajstić information content (AvgIpc) is 3.30. The second kappa shape index (κ2) is 17.4. The van der Waals surface area contributed by atoms with Gasteiger partial charge >= 0.3 is 0 Å². The van der Waals surface area contributed by atoms with Gasteiger partial charge < -0.3 is 24.2 Å². The van der Waals surface area contributed by atoms with E-state index in [9.17, 15) is 0 Å². The summed E-state index contributed by atoms with van der Waals surface area (Å²) >= 11 is 0. The van der Waals surface area contributed by atoms with Crippen LogP contribution >= 0.6 is 0 Å². The van der Waals surface area contributed by atoms with Gasteiger partial charge in [-0.25, -0.2) is 0 Å². The summed E-state index contributed by atoms with van der Waals surface area (Å²) in [5.41, 5.74) is 8.75. The van der Waals surface area contributed by atoms with Crippen LogP contribution in [0.1, 0.15) is 2.74 Å². The van der Waals surface area contributed by atoms with Gasteiger partial charge in [-0.05, 0) is 158 Å². The lowest BCUT2D eigenvalue weighted by Crippen LogP contribution is -2.09. The van der Waals surface area contributed by atoms with Crippen LogP contribution in [0.3, 0.4) is 0 Å². The van der Waals surface area contributed by atoms with Crippen LogP contribution in [0.25, 0.3) is 0 Å². The van der Waals surface area contributed by atoms with Crippen molar-refractivity contribution in [2.75, 3.05) is 14.7 Å². The van der Waals surface area contributed by atoms with Crippen LogP contribution < -0.4 is 24.2 Å². The molecule has 0 fully saturated rings. The normalized spacial score (nSPS) is 11.2. The number of hydrogen-bond acceptors (Lipinski definition) is 5. The lowest BCUT2D eigenvalue weighted by atomic mass is 10.1. The molecule has 0 aliphatic heterocycles. The molecule has 9 aromatic carbocycles. The molecule has 284 valence electrons. The fraction of sp³-hybridized carbons (Fsp3) is 0. The van der Waals surface area contributed by atoms with E-state index < -0.39 is 0 Å². The van der Waals surface area contributed by atoms with E-state index in [1.165, 1.54) is 0 Å². The van der Waals surface area contributed by atoms with Crippen molar-refractivity contribution in [1.82, 2.24) is 0 Å². The maximum Gasteiger partial charge on any atom is 0.127 e. The molecule has 0 aromatic heterocycles. The molecule has 5 heteroatoms. The van der Waals surface area contributed by atoms with Gasteiger partial charge in [0, 0.05) is 51.2 Å². The van der Waals surface area contributed by atoms with Crippen LogP contribution in [0.15, 0.2) is 249 Å². The first-order chi connectivity index (χ1) is 30.0. The molecule has 0 spiro atoms. The van der Waals surface area contributed by atoms with Crippen LogP contribution in [-0.2, 0) is 0 Å². The Bertz CT molecular complexity index is 2630. The summed E-state index contributed by atoms with van der Waals surface area (Å²) in [6.07, 6.45) is 0. The third-order valence-electron chi connectivity index (χ3n) is 9.79. The highest BCUT2D eigenvalue weighted by molar-refractivity contribution is 5.79. The van der Waals surface area contributed by atoms with Crippen LogP contribution in [0.5, 0.6) is 23.0 Å². The van der Waals surface area contributed by atoms with Crippen molar-refractivity contribution in [2.45, 2.75) is 0 Å². The fourth-order valence-corrected chi connectivity index (χ4v) is 7.04. The zero-order chi connectivity index (χ0) is 41.4. The smallest absolute Gasteiger partial charge is 0.127 e. The fourth-order valence-electron chi connectivity index (χ4n) is 7.04. The Morgan fingerprint density at radius 3 is 0.661 bits per heavy atom. The molecule has 0 radical (unpaired) electrons.